The summed E-state index contributed by atoms with van der Waals surface area (Å²) < 4.78 is 22.6. The van der Waals surface area contributed by atoms with E-state index in [1.807, 2.05) is 0 Å². The van der Waals surface area contributed by atoms with Crippen LogP contribution in [0.5, 0.6) is 0 Å². The number of nitrogens with zero attached hydrogens (tertiary/aromatic N) is 2. The summed E-state index contributed by atoms with van der Waals surface area (Å²) in [6.45, 7) is 0. The molecule has 0 saturated carbocycles. The summed E-state index contributed by atoms with van der Waals surface area (Å²) in [5.74, 6) is -0.672. The van der Waals surface area contributed by atoms with Gasteiger partial charge < -0.3 is 5.53 Å². The molecular weight excluding hydrogens is 242 g/mol. The number of carbonyl (C=O) groups is 1. The average molecular weight is 249 g/mol. The van der Waals surface area contributed by atoms with Crippen molar-refractivity contribution in [3.63, 3.8) is 0 Å². The van der Waals surface area contributed by atoms with Crippen LogP contribution < -0.4 is 5.14 Å². The summed E-state index contributed by atoms with van der Waals surface area (Å²) in [6, 6.07) is 6.37. The molecule has 0 unspecified atom stereocenters. The fraction of sp³-hybridized carbons (Fsp3) is 0. The van der Waals surface area contributed by atoms with Crippen LogP contribution in [0, 0.1) is 0 Å². The standard InChI is InChI=1S/C10H7N3O3S/c11-13-9-8(17(12,15)16)5-6-3-1-2-4-7(6)10(9)14/h1-5H,(H2,12,15,16). The fourth-order valence-electron chi connectivity index (χ4n) is 1.59. The molecule has 2 rings (SSSR count). The second-order valence-corrected chi connectivity index (χ2v) is 4.95. The van der Waals surface area contributed by atoms with Crippen molar-refractivity contribution in [1.29, 1.82) is 0 Å². The van der Waals surface area contributed by atoms with Crippen LogP contribution >= 0.6 is 0 Å². The van der Waals surface area contributed by atoms with Crippen molar-refractivity contribution < 1.29 is 18.0 Å². The summed E-state index contributed by atoms with van der Waals surface area (Å²) >= 11 is 0. The van der Waals surface area contributed by atoms with E-state index in [-0.39, 0.29) is 5.56 Å². The minimum atomic E-state index is -4.11. The molecule has 0 spiro atoms. The van der Waals surface area contributed by atoms with E-state index in [9.17, 15) is 13.2 Å². The summed E-state index contributed by atoms with van der Waals surface area (Å²) in [5, 5.41) is 4.96. The van der Waals surface area contributed by atoms with Gasteiger partial charge in [0.2, 0.25) is 10.0 Å². The van der Waals surface area contributed by atoms with Crippen LogP contribution in [0.15, 0.2) is 29.2 Å². The number of hydrogen-bond donors (Lipinski definition) is 1. The Kier molecular flexibility index (Phi) is 2.51. The molecule has 2 N–H and O–H groups in total. The van der Waals surface area contributed by atoms with Crippen LogP contribution in [-0.4, -0.2) is 24.7 Å². The van der Waals surface area contributed by atoms with Crippen molar-refractivity contribution in [3.05, 3.63) is 45.8 Å². The Morgan fingerprint density at radius 3 is 2.47 bits per heavy atom. The normalized spacial score (nSPS) is 15.0. The second kappa shape index (κ2) is 3.74. The number of rotatable bonds is 1. The molecule has 0 bridgehead atoms. The maximum Gasteiger partial charge on any atom is 0.382 e. The van der Waals surface area contributed by atoms with Gasteiger partial charge in [-0.25, -0.2) is 13.6 Å². The third-order valence-electron chi connectivity index (χ3n) is 2.35. The van der Waals surface area contributed by atoms with Crippen molar-refractivity contribution in [2.75, 3.05) is 0 Å². The summed E-state index contributed by atoms with van der Waals surface area (Å²) in [7, 11) is -4.11. The Morgan fingerprint density at radius 1 is 1.24 bits per heavy atom. The van der Waals surface area contributed by atoms with Crippen molar-refractivity contribution >= 4 is 27.6 Å². The first-order valence-corrected chi connectivity index (χ1v) is 6.10. The van der Waals surface area contributed by atoms with Crippen molar-refractivity contribution in [3.8, 4) is 0 Å². The molecular formula is C10H7N3O3S. The number of allylic oxidation sites excluding steroid dienone is 1. The van der Waals surface area contributed by atoms with Crippen molar-refractivity contribution in [2.45, 2.75) is 0 Å². The van der Waals surface area contributed by atoms with Crippen LogP contribution in [0.2, 0.25) is 0 Å². The van der Waals surface area contributed by atoms with Gasteiger partial charge in [0.05, 0.1) is 0 Å². The molecule has 0 saturated heterocycles. The van der Waals surface area contributed by atoms with E-state index in [2.05, 4.69) is 4.79 Å². The molecule has 0 amide bonds. The van der Waals surface area contributed by atoms with Gasteiger partial charge in [-0.2, -0.15) is 4.79 Å². The topological polar surface area (TPSA) is 114 Å². The molecule has 0 atom stereocenters. The van der Waals surface area contributed by atoms with Crippen LogP contribution in [0.1, 0.15) is 15.9 Å². The van der Waals surface area contributed by atoms with Gasteiger partial charge in [0.15, 0.2) is 4.91 Å². The van der Waals surface area contributed by atoms with Gasteiger partial charge >= 0.3 is 5.71 Å². The molecule has 1 aromatic rings. The molecule has 0 fully saturated rings. The number of Topliss-reactive ketones (excluding diaryl/α,β-unsaturated/α-hetero) is 1. The highest BCUT2D eigenvalue weighted by Crippen LogP contribution is 2.23. The first kappa shape index (κ1) is 11.4. The van der Waals surface area contributed by atoms with E-state index in [1.54, 1.807) is 18.2 Å². The summed E-state index contributed by atoms with van der Waals surface area (Å²) in [5.41, 5.74) is 8.86. The number of fused-ring (bicyclic) bond motifs is 1. The zero-order valence-corrected chi connectivity index (χ0v) is 9.31. The number of benzene rings is 1. The Labute approximate surface area is 97.0 Å². The van der Waals surface area contributed by atoms with E-state index < -0.39 is 26.4 Å². The Balaban J connectivity index is 2.83. The quantitative estimate of drug-likeness (QED) is 0.565. The molecule has 7 heteroatoms. The van der Waals surface area contributed by atoms with Gasteiger partial charge in [-0.05, 0) is 11.6 Å². The van der Waals surface area contributed by atoms with Gasteiger partial charge in [0.1, 0.15) is 0 Å². The predicted molar refractivity (Wildman–Crippen MR) is 60.5 cm³/mol. The van der Waals surface area contributed by atoms with Gasteiger partial charge in [0.25, 0.3) is 5.78 Å². The molecule has 0 heterocycles. The lowest BCUT2D eigenvalue weighted by molar-refractivity contribution is -0.00473. The first-order valence-electron chi connectivity index (χ1n) is 4.56. The third-order valence-corrected chi connectivity index (χ3v) is 3.27. The maximum absolute atomic E-state index is 11.9. The van der Waals surface area contributed by atoms with Crippen LogP contribution in [-0.2, 0) is 10.0 Å². The van der Waals surface area contributed by atoms with E-state index in [0.717, 1.165) is 0 Å². The number of nitrogens with two attached hydrogens (primary N) is 1. The zero-order chi connectivity index (χ0) is 12.6. The lowest BCUT2D eigenvalue weighted by Gasteiger charge is -2.09. The number of primary sulfonamides is 1. The van der Waals surface area contributed by atoms with Gasteiger partial charge in [-0.1, -0.05) is 24.3 Å². The highest BCUT2D eigenvalue weighted by molar-refractivity contribution is 7.94. The molecule has 0 radical (unpaired) electrons. The van der Waals surface area contributed by atoms with Crippen molar-refractivity contribution in [1.82, 2.24) is 0 Å². The largest absolute Gasteiger partial charge is 0.382 e. The molecule has 1 aliphatic carbocycles. The lowest BCUT2D eigenvalue weighted by atomic mass is 9.95. The zero-order valence-electron chi connectivity index (χ0n) is 8.49. The molecule has 17 heavy (non-hydrogen) atoms. The van der Waals surface area contributed by atoms with Gasteiger partial charge in [0, 0.05) is 5.56 Å². The number of carbonyl (C=O) groups excluding carboxylic acids is 1. The average Bonchev–Trinajstić information content (AvgIpc) is 2.28. The highest BCUT2D eigenvalue weighted by atomic mass is 32.2. The SMILES string of the molecule is [N-]=[N+]=C1C(=O)c2ccccc2C=C1S(N)(=O)=O. The molecule has 0 aliphatic heterocycles. The van der Waals surface area contributed by atoms with Crippen LogP contribution in [0.25, 0.3) is 11.6 Å². The lowest BCUT2D eigenvalue weighted by Crippen LogP contribution is -2.30. The molecule has 86 valence electrons. The van der Waals surface area contributed by atoms with E-state index in [1.165, 1.54) is 12.1 Å². The minimum absolute atomic E-state index is 0.271. The van der Waals surface area contributed by atoms with Crippen LogP contribution in [0.4, 0.5) is 0 Å². The molecule has 6 nitrogen and oxygen atoms in total. The van der Waals surface area contributed by atoms with Crippen LogP contribution in [0.3, 0.4) is 0 Å². The fourth-order valence-corrected chi connectivity index (χ4v) is 2.28. The summed E-state index contributed by atoms with van der Waals surface area (Å²) in [4.78, 5) is 14.1. The Morgan fingerprint density at radius 2 is 1.88 bits per heavy atom. The van der Waals surface area contributed by atoms with Crippen molar-refractivity contribution in [2.24, 2.45) is 5.14 Å². The Bertz CT molecular complexity index is 697. The molecule has 1 aliphatic rings. The molecule has 1 aromatic carbocycles. The Hall–Kier alpha value is -2.08. The minimum Gasteiger partial charge on any atom is -0.361 e. The van der Waals surface area contributed by atoms with Gasteiger partial charge in [-0.3, -0.25) is 4.79 Å². The summed E-state index contributed by atoms with van der Waals surface area (Å²) in [6.07, 6.45) is 1.21. The second-order valence-electron chi connectivity index (χ2n) is 3.42. The number of sulfonamides is 1. The van der Waals surface area contributed by atoms with Gasteiger partial charge in [-0.15, -0.1) is 0 Å². The van der Waals surface area contributed by atoms with E-state index in [4.69, 9.17) is 10.7 Å². The molecule has 0 aromatic heterocycles. The smallest absolute Gasteiger partial charge is 0.361 e. The maximum atomic E-state index is 11.9. The highest BCUT2D eigenvalue weighted by Gasteiger charge is 2.38. The first-order chi connectivity index (χ1) is 7.95. The number of ketones is 1. The van der Waals surface area contributed by atoms with E-state index in [0.29, 0.717) is 5.56 Å². The predicted octanol–water partition coefficient (Wildman–Crippen LogP) is 0.183. The number of hydrogen-bond acceptors (Lipinski definition) is 3. The monoisotopic (exact) mass is 249 g/mol. The van der Waals surface area contributed by atoms with E-state index >= 15 is 0 Å². The third kappa shape index (κ3) is 1.83.